The second kappa shape index (κ2) is 7.03. The van der Waals surface area contributed by atoms with Gasteiger partial charge in [-0.15, -0.1) is 0 Å². The molecule has 1 aliphatic heterocycles. The smallest absolute Gasteiger partial charge is 0.227 e. The zero-order chi connectivity index (χ0) is 17.3. The highest BCUT2D eigenvalue weighted by Gasteiger charge is 2.32. The van der Waals surface area contributed by atoms with Gasteiger partial charge in [-0.1, -0.05) is 17.7 Å². The fraction of sp³-hybridized carbons (Fsp3) is 0.375. The van der Waals surface area contributed by atoms with Crippen LogP contribution in [0.1, 0.15) is 17.2 Å². The highest BCUT2D eigenvalue weighted by atomic mass is 35.5. The van der Waals surface area contributed by atoms with Gasteiger partial charge in [-0.05, 0) is 12.1 Å². The molecule has 1 saturated heterocycles. The van der Waals surface area contributed by atoms with Crippen LogP contribution in [0.4, 0.5) is 4.39 Å². The van der Waals surface area contributed by atoms with E-state index in [1.165, 1.54) is 12.1 Å². The summed E-state index contributed by atoms with van der Waals surface area (Å²) < 4.78 is 27.5. The van der Waals surface area contributed by atoms with Crippen molar-refractivity contribution in [2.24, 2.45) is 7.05 Å². The Morgan fingerprint density at radius 2 is 2.29 bits per heavy atom. The molecule has 0 bridgehead atoms. The topological polar surface area (TPSA) is 55.2 Å². The van der Waals surface area contributed by atoms with Gasteiger partial charge < -0.3 is 4.90 Å². The van der Waals surface area contributed by atoms with Crippen LogP contribution >= 0.6 is 11.6 Å². The number of carbonyl (C=O) groups excluding carboxylic acids is 1. The lowest BCUT2D eigenvalue weighted by Crippen LogP contribution is -2.45. The van der Waals surface area contributed by atoms with Crippen molar-refractivity contribution in [3.8, 4) is 0 Å². The molecule has 0 N–H and O–H groups in total. The summed E-state index contributed by atoms with van der Waals surface area (Å²) in [5.74, 6) is 0.0672. The van der Waals surface area contributed by atoms with E-state index in [1.54, 1.807) is 28.9 Å². The molecule has 1 fully saturated rings. The van der Waals surface area contributed by atoms with Gasteiger partial charge in [-0.25, -0.2) is 4.39 Å². The van der Waals surface area contributed by atoms with E-state index in [0.717, 1.165) is 5.56 Å². The lowest BCUT2D eigenvalue weighted by molar-refractivity contribution is -0.132. The Morgan fingerprint density at radius 3 is 2.96 bits per heavy atom. The number of halogens is 2. The summed E-state index contributed by atoms with van der Waals surface area (Å²) in [7, 11) is 0.801. The summed E-state index contributed by atoms with van der Waals surface area (Å²) in [6.07, 6.45) is 3.36. The quantitative estimate of drug-likeness (QED) is 0.832. The van der Waals surface area contributed by atoms with Crippen LogP contribution in [0.25, 0.3) is 0 Å². The minimum Gasteiger partial charge on any atom is -0.333 e. The zero-order valence-corrected chi connectivity index (χ0v) is 14.7. The molecule has 1 aromatic heterocycles. The first kappa shape index (κ1) is 17.1. The minimum absolute atomic E-state index is 0.116. The number of hydrogen-bond donors (Lipinski definition) is 0. The number of carbonyl (C=O) groups is 1. The molecule has 1 amide bonds. The monoisotopic (exact) mass is 369 g/mol. The van der Waals surface area contributed by atoms with E-state index in [9.17, 15) is 13.4 Å². The summed E-state index contributed by atoms with van der Waals surface area (Å²) in [6, 6.07) is 4.05. The van der Waals surface area contributed by atoms with E-state index in [4.69, 9.17) is 11.6 Å². The van der Waals surface area contributed by atoms with Gasteiger partial charge in [0.1, 0.15) is 5.82 Å². The number of benzene rings is 1. The van der Waals surface area contributed by atoms with Crippen molar-refractivity contribution in [1.29, 1.82) is 0 Å². The summed E-state index contributed by atoms with van der Waals surface area (Å²) in [6.45, 7) is 0.372. The van der Waals surface area contributed by atoms with Gasteiger partial charge in [0.15, 0.2) is 0 Å². The van der Waals surface area contributed by atoms with Crippen LogP contribution < -0.4 is 0 Å². The number of aromatic nitrogens is 2. The largest absolute Gasteiger partial charge is 0.333 e. The van der Waals surface area contributed by atoms with Crippen molar-refractivity contribution in [1.82, 2.24) is 14.7 Å². The molecule has 0 unspecified atom stereocenters. The molecule has 128 valence electrons. The third kappa shape index (κ3) is 3.52. The Balaban J connectivity index is 1.85. The van der Waals surface area contributed by atoms with Crippen molar-refractivity contribution in [3.05, 3.63) is 52.6 Å². The average Bonchev–Trinajstić information content (AvgIpc) is 2.97. The van der Waals surface area contributed by atoms with Crippen LogP contribution in [0.3, 0.4) is 0 Å². The van der Waals surface area contributed by atoms with Crippen molar-refractivity contribution in [2.75, 3.05) is 18.1 Å². The van der Waals surface area contributed by atoms with Crippen LogP contribution in [0.15, 0.2) is 30.6 Å². The predicted molar refractivity (Wildman–Crippen MR) is 90.7 cm³/mol. The van der Waals surface area contributed by atoms with E-state index < -0.39 is 16.6 Å². The lowest BCUT2D eigenvalue weighted by Gasteiger charge is -2.35. The average molecular weight is 370 g/mol. The molecule has 2 atom stereocenters. The van der Waals surface area contributed by atoms with Gasteiger partial charge in [-0.2, -0.15) is 5.10 Å². The van der Waals surface area contributed by atoms with Crippen LogP contribution in [-0.2, 0) is 29.1 Å². The van der Waals surface area contributed by atoms with Gasteiger partial charge in [0.2, 0.25) is 5.91 Å². The number of rotatable bonds is 3. The molecule has 24 heavy (non-hydrogen) atoms. The maximum absolute atomic E-state index is 13.9. The molecule has 2 heterocycles. The Hall–Kier alpha value is -1.73. The molecule has 5 nitrogen and oxygen atoms in total. The Labute approximate surface area is 146 Å². The van der Waals surface area contributed by atoms with Crippen molar-refractivity contribution in [3.63, 3.8) is 0 Å². The van der Waals surface area contributed by atoms with E-state index in [1.807, 2.05) is 6.20 Å². The van der Waals surface area contributed by atoms with Crippen molar-refractivity contribution in [2.45, 2.75) is 12.5 Å². The molecule has 0 spiro atoms. The first-order valence-electron chi connectivity index (χ1n) is 7.51. The predicted octanol–water partition coefficient (Wildman–Crippen LogP) is 2.09. The normalized spacial score (nSPS) is 21.0. The second-order valence-electron chi connectivity index (χ2n) is 5.74. The van der Waals surface area contributed by atoms with Crippen LogP contribution in [0, 0.1) is 5.82 Å². The molecule has 1 aromatic carbocycles. The molecule has 0 radical (unpaired) electrons. The molecule has 0 saturated carbocycles. The molecule has 1 aliphatic rings. The molecule has 8 heteroatoms. The van der Waals surface area contributed by atoms with Gasteiger partial charge >= 0.3 is 0 Å². The van der Waals surface area contributed by atoms with Gasteiger partial charge in [-0.3, -0.25) is 13.7 Å². The van der Waals surface area contributed by atoms with Crippen LogP contribution in [-0.4, -0.2) is 42.8 Å². The number of nitrogens with zero attached hydrogens (tertiary/aromatic N) is 3. The molecule has 2 aromatic rings. The highest BCUT2D eigenvalue weighted by molar-refractivity contribution is 7.85. The fourth-order valence-electron chi connectivity index (χ4n) is 2.85. The first-order valence-corrected chi connectivity index (χ1v) is 9.38. The number of hydrogen-bond acceptors (Lipinski definition) is 3. The SMILES string of the molecule is Cn1cc([C@@H]2C[S@](=O)CCN2C(=O)Cc2c(F)cccc2Cl)cn1. The van der Waals surface area contributed by atoms with Gasteiger partial charge in [0.25, 0.3) is 0 Å². The molecule has 3 rings (SSSR count). The van der Waals surface area contributed by atoms with Crippen molar-refractivity contribution >= 4 is 28.3 Å². The summed E-state index contributed by atoms with van der Waals surface area (Å²) in [5.41, 5.74) is 1.03. The van der Waals surface area contributed by atoms with Crippen LogP contribution in [0.5, 0.6) is 0 Å². The first-order chi connectivity index (χ1) is 11.5. The summed E-state index contributed by atoms with van der Waals surface area (Å²) in [4.78, 5) is 14.4. The second-order valence-corrected chi connectivity index (χ2v) is 7.77. The third-order valence-electron chi connectivity index (χ3n) is 4.10. The number of amides is 1. The Bertz CT molecular complexity index is 775. The maximum Gasteiger partial charge on any atom is 0.227 e. The summed E-state index contributed by atoms with van der Waals surface area (Å²) >= 11 is 6.02. The third-order valence-corrected chi connectivity index (χ3v) is 5.78. The fourth-order valence-corrected chi connectivity index (χ4v) is 4.37. The van der Waals surface area contributed by atoms with E-state index in [-0.39, 0.29) is 29.0 Å². The summed E-state index contributed by atoms with van der Waals surface area (Å²) in [5, 5.41) is 4.36. The lowest BCUT2D eigenvalue weighted by atomic mass is 10.1. The molecular weight excluding hydrogens is 353 g/mol. The standard InChI is InChI=1S/C16H17ClFN3O2S/c1-20-9-11(8-19-20)15-10-24(23)6-5-21(15)16(22)7-12-13(17)3-2-4-14(12)18/h2-4,8-9,15H,5-7,10H2,1H3/t15-,24+/m0/s1. The number of aryl methyl sites for hydroxylation is 1. The van der Waals surface area contributed by atoms with E-state index in [0.29, 0.717) is 18.1 Å². The van der Waals surface area contributed by atoms with Crippen molar-refractivity contribution < 1.29 is 13.4 Å². The highest BCUT2D eigenvalue weighted by Crippen LogP contribution is 2.27. The minimum atomic E-state index is -0.985. The van der Waals surface area contributed by atoms with E-state index in [2.05, 4.69) is 5.10 Å². The zero-order valence-electron chi connectivity index (χ0n) is 13.1. The Kier molecular flexibility index (Phi) is 5.01. The molecular formula is C16H17ClFN3O2S. The van der Waals surface area contributed by atoms with Crippen LogP contribution in [0.2, 0.25) is 5.02 Å². The maximum atomic E-state index is 13.9. The van der Waals surface area contributed by atoms with Gasteiger partial charge in [0.05, 0.1) is 18.7 Å². The van der Waals surface area contributed by atoms with Gasteiger partial charge in [0, 0.05) is 58.2 Å². The molecule has 0 aliphatic carbocycles. The van der Waals surface area contributed by atoms with E-state index >= 15 is 0 Å². The Morgan fingerprint density at radius 1 is 1.50 bits per heavy atom.